The lowest BCUT2D eigenvalue weighted by atomic mass is 10.1. The second-order valence-electron chi connectivity index (χ2n) is 5.80. The Kier molecular flexibility index (Phi) is 3.68. The monoisotopic (exact) mass is 272 g/mol. The lowest BCUT2D eigenvalue weighted by Crippen LogP contribution is -2.43. The maximum Gasteiger partial charge on any atom is 0.0504 e. The third-order valence-corrected chi connectivity index (χ3v) is 4.32. The van der Waals surface area contributed by atoms with Crippen molar-refractivity contribution in [2.45, 2.75) is 20.0 Å². The van der Waals surface area contributed by atoms with Crippen molar-refractivity contribution in [1.82, 2.24) is 14.4 Å². The summed E-state index contributed by atoms with van der Waals surface area (Å²) in [5.41, 5.74) is 9.45. The standard InChI is InChI=1S/C16H24N4/c1-3-20-12-13(11-19-8-6-18(2)7-9-19)15-5-4-14(17)10-16(15)20/h4-5,10,12H,3,6-9,11,17H2,1-2H3. The molecule has 4 nitrogen and oxygen atoms in total. The van der Waals surface area contributed by atoms with Gasteiger partial charge in [-0.1, -0.05) is 6.07 Å². The highest BCUT2D eigenvalue weighted by molar-refractivity contribution is 5.86. The van der Waals surface area contributed by atoms with Crippen LogP contribution in [0.25, 0.3) is 10.9 Å². The first-order valence-electron chi connectivity index (χ1n) is 7.45. The van der Waals surface area contributed by atoms with E-state index in [1.807, 2.05) is 6.07 Å². The molecule has 0 amide bonds. The summed E-state index contributed by atoms with van der Waals surface area (Å²) in [6.07, 6.45) is 2.29. The van der Waals surface area contributed by atoms with E-state index >= 15 is 0 Å². The van der Waals surface area contributed by atoms with E-state index in [-0.39, 0.29) is 0 Å². The number of nitrogens with two attached hydrogens (primary N) is 1. The van der Waals surface area contributed by atoms with Crippen LogP contribution in [0.4, 0.5) is 5.69 Å². The normalized spacial score (nSPS) is 17.9. The van der Waals surface area contributed by atoms with Crippen LogP contribution in [0.5, 0.6) is 0 Å². The second-order valence-corrected chi connectivity index (χ2v) is 5.80. The zero-order valence-electron chi connectivity index (χ0n) is 12.5. The van der Waals surface area contributed by atoms with E-state index in [0.29, 0.717) is 0 Å². The van der Waals surface area contributed by atoms with Crippen LogP contribution in [0.3, 0.4) is 0 Å². The van der Waals surface area contributed by atoms with Crippen LogP contribution >= 0.6 is 0 Å². The topological polar surface area (TPSA) is 37.4 Å². The lowest BCUT2D eigenvalue weighted by Gasteiger charge is -2.32. The Balaban J connectivity index is 1.88. The summed E-state index contributed by atoms with van der Waals surface area (Å²) < 4.78 is 2.30. The van der Waals surface area contributed by atoms with E-state index in [1.165, 1.54) is 29.6 Å². The first-order valence-corrected chi connectivity index (χ1v) is 7.45. The van der Waals surface area contributed by atoms with Crippen molar-refractivity contribution in [2.24, 2.45) is 0 Å². The molecule has 2 heterocycles. The molecule has 1 aliphatic rings. The molecule has 1 aromatic heterocycles. The SMILES string of the molecule is CCn1cc(CN2CCN(C)CC2)c2ccc(N)cc21. The minimum atomic E-state index is 0.844. The van der Waals surface area contributed by atoms with Gasteiger partial charge in [-0.15, -0.1) is 0 Å². The highest BCUT2D eigenvalue weighted by Crippen LogP contribution is 2.25. The lowest BCUT2D eigenvalue weighted by molar-refractivity contribution is 0.148. The number of nitrogens with zero attached hydrogens (tertiary/aromatic N) is 3. The quantitative estimate of drug-likeness (QED) is 0.868. The minimum Gasteiger partial charge on any atom is -0.399 e. The summed E-state index contributed by atoms with van der Waals surface area (Å²) >= 11 is 0. The van der Waals surface area contributed by atoms with Gasteiger partial charge in [0.05, 0.1) is 5.52 Å². The molecule has 0 bridgehead atoms. The Morgan fingerprint density at radius 1 is 1.15 bits per heavy atom. The van der Waals surface area contributed by atoms with Crippen LogP contribution in [0.1, 0.15) is 12.5 Å². The van der Waals surface area contributed by atoms with Crippen LogP contribution in [0, 0.1) is 0 Å². The van der Waals surface area contributed by atoms with Gasteiger partial charge in [-0.25, -0.2) is 0 Å². The van der Waals surface area contributed by atoms with Gasteiger partial charge in [-0.3, -0.25) is 4.90 Å². The molecule has 1 aliphatic heterocycles. The average Bonchev–Trinajstić information content (AvgIpc) is 2.78. The molecule has 20 heavy (non-hydrogen) atoms. The van der Waals surface area contributed by atoms with Crippen molar-refractivity contribution >= 4 is 16.6 Å². The number of anilines is 1. The van der Waals surface area contributed by atoms with Crippen molar-refractivity contribution in [1.29, 1.82) is 0 Å². The van der Waals surface area contributed by atoms with E-state index in [9.17, 15) is 0 Å². The maximum atomic E-state index is 5.93. The first-order chi connectivity index (χ1) is 9.67. The van der Waals surface area contributed by atoms with E-state index in [4.69, 9.17) is 5.73 Å². The number of hydrogen-bond donors (Lipinski definition) is 1. The Bertz CT molecular complexity index is 594. The molecule has 1 aromatic carbocycles. The number of rotatable bonds is 3. The van der Waals surface area contributed by atoms with Crippen molar-refractivity contribution in [3.63, 3.8) is 0 Å². The fourth-order valence-electron chi connectivity index (χ4n) is 3.02. The highest BCUT2D eigenvalue weighted by atomic mass is 15.2. The van der Waals surface area contributed by atoms with Gasteiger partial charge in [-0.05, 0) is 31.7 Å². The molecule has 0 spiro atoms. The second kappa shape index (κ2) is 5.46. The third kappa shape index (κ3) is 2.53. The molecule has 2 N–H and O–H groups in total. The first kappa shape index (κ1) is 13.5. The molecular formula is C16H24N4. The fraction of sp³-hybridized carbons (Fsp3) is 0.500. The van der Waals surface area contributed by atoms with Gasteiger partial charge in [0.1, 0.15) is 0 Å². The molecule has 108 valence electrons. The Hall–Kier alpha value is -1.52. The summed E-state index contributed by atoms with van der Waals surface area (Å²) in [5, 5.41) is 1.35. The van der Waals surface area contributed by atoms with Gasteiger partial charge < -0.3 is 15.2 Å². The van der Waals surface area contributed by atoms with E-state index in [1.54, 1.807) is 0 Å². The van der Waals surface area contributed by atoms with Crippen LogP contribution in [0.2, 0.25) is 0 Å². The third-order valence-electron chi connectivity index (χ3n) is 4.32. The van der Waals surface area contributed by atoms with Gasteiger partial charge in [0.25, 0.3) is 0 Å². The number of likely N-dealkylation sites (N-methyl/N-ethyl adjacent to an activating group) is 1. The van der Waals surface area contributed by atoms with Crippen LogP contribution in [-0.2, 0) is 13.1 Å². The van der Waals surface area contributed by atoms with Gasteiger partial charge in [0, 0.05) is 56.5 Å². The number of hydrogen-bond acceptors (Lipinski definition) is 3. The maximum absolute atomic E-state index is 5.93. The highest BCUT2D eigenvalue weighted by Gasteiger charge is 2.16. The van der Waals surface area contributed by atoms with Crippen LogP contribution in [-0.4, -0.2) is 47.6 Å². The predicted octanol–water partition coefficient (Wildman–Crippen LogP) is 1.99. The number of aryl methyl sites for hydroxylation is 1. The van der Waals surface area contributed by atoms with Gasteiger partial charge >= 0.3 is 0 Å². The van der Waals surface area contributed by atoms with Crippen molar-refractivity contribution in [3.05, 3.63) is 30.0 Å². The molecule has 0 aliphatic carbocycles. The summed E-state index contributed by atoms with van der Waals surface area (Å²) in [5.74, 6) is 0. The van der Waals surface area contributed by atoms with Crippen molar-refractivity contribution in [3.8, 4) is 0 Å². The zero-order valence-corrected chi connectivity index (χ0v) is 12.5. The van der Waals surface area contributed by atoms with Gasteiger partial charge in [0.2, 0.25) is 0 Å². The van der Waals surface area contributed by atoms with E-state index in [2.05, 4.69) is 46.7 Å². The number of piperazine rings is 1. The van der Waals surface area contributed by atoms with Crippen LogP contribution < -0.4 is 5.73 Å². The fourth-order valence-corrected chi connectivity index (χ4v) is 3.02. The molecule has 2 aromatic rings. The Morgan fingerprint density at radius 3 is 2.60 bits per heavy atom. The molecule has 0 radical (unpaired) electrons. The minimum absolute atomic E-state index is 0.844. The molecular weight excluding hydrogens is 248 g/mol. The molecule has 0 saturated carbocycles. The van der Waals surface area contributed by atoms with E-state index < -0.39 is 0 Å². The molecule has 4 heteroatoms. The Morgan fingerprint density at radius 2 is 1.90 bits per heavy atom. The van der Waals surface area contributed by atoms with Crippen molar-refractivity contribution < 1.29 is 0 Å². The largest absolute Gasteiger partial charge is 0.399 e. The van der Waals surface area contributed by atoms with Crippen LogP contribution in [0.15, 0.2) is 24.4 Å². The molecule has 3 rings (SSSR count). The average molecular weight is 272 g/mol. The summed E-state index contributed by atoms with van der Waals surface area (Å²) in [7, 11) is 2.20. The van der Waals surface area contributed by atoms with Gasteiger partial charge in [0.15, 0.2) is 0 Å². The molecule has 0 atom stereocenters. The predicted molar refractivity (Wildman–Crippen MR) is 84.8 cm³/mol. The number of fused-ring (bicyclic) bond motifs is 1. The number of benzene rings is 1. The Labute approximate surface area is 120 Å². The molecule has 1 saturated heterocycles. The smallest absolute Gasteiger partial charge is 0.0504 e. The number of aromatic nitrogens is 1. The molecule has 0 unspecified atom stereocenters. The van der Waals surface area contributed by atoms with Gasteiger partial charge in [-0.2, -0.15) is 0 Å². The summed E-state index contributed by atoms with van der Waals surface area (Å²) in [6, 6.07) is 6.27. The summed E-state index contributed by atoms with van der Waals surface area (Å²) in [4.78, 5) is 4.94. The number of nitrogen functional groups attached to an aromatic ring is 1. The van der Waals surface area contributed by atoms with E-state index in [0.717, 1.165) is 31.9 Å². The summed E-state index contributed by atoms with van der Waals surface area (Å²) in [6.45, 7) is 8.86. The zero-order chi connectivity index (χ0) is 14.1. The van der Waals surface area contributed by atoms with Crippen molar-refractivity contribution in [2.75, 3.05) is 39.0 Å². The molecule has 1 fully saturated rings.